The quantitative estimate of drug-likeness (QED) is 0.696. The number of nitrogens with two attached hydrogens (primary N) is 1. The number of nitrogens with zero attached hydrogens (tertiary/aromatic N) is 1. The van der Waals surface area contributed by atoms with Crippen molar-refractivity contribution in [1.82, 2.24) is 10.2 Å². The van der Waals surface area contributed by atoms with Gasteiger partial charge in [-0.15, -0.1) is 12.4 Å². The van der Waals surface area contributed by atoms with Crippen LogP contribution in [0.1, 0.15) is 31.4 Å². The molecule has 3 amide bonds. The fourth-order valence-corrected chi connectivity index (χ4v) is 3.41. The standard InChI is InChI=1S/C22H28N4O2.ClH/c1-16(20(23)17-8-4-2-5-9-17)21(27)24-19-12-14-26(15-13-19)22(28)25-18-10-6-3-7-11-18;/h2-11,16,19-20H,12-15,23H2,1H3,(H,24,27)(H,25,28);1H. The van der Waals surface area contributed by atoms with E-state index in [1.807, 2.05) is 67.6 Å². The number of amides is 3. The van der Waals surface area contributed by atoms with Crippen molar-refractivity contribution in [2.75, 3.05) is 18.4 Å². The molecular formula is C22H29ClN4O2. The number of piperidine rings is 1. The predicted molar refractivity (Wildman–Crippen MR) is 118 cm³/mol. The number of hydrogen-bond acceptors (Lipinski definition) is 3. The molecule has 2 unspecified atom stereocenters. The van der Waals surface area contributed by atoms with Crippen LogP contribution in [0.4, 0.5) is 10.5 Å². The minimum absolute atomic E-state index is 0. The molecule has 1 aliphatic rings. The summed E-state index contributed by atoms with van der Waals surface area (Å²) in [6.07, 6.45) is 1.47. The lowest BCUT2D eigenvalue weighted by Crippen LogP contribution is -2.49. The third kappa shape index (κ3) is 6.21. The number of anilines is 1. The first-order chi connectivity index (χ1) is 13.5. The fourth-order valence-electron chi connectivity index (χ4n) is 3.41. The largest absolute Gasteiger partial charge is 0.353 e. The van der Waals surface area contributed by atoms with Crippen LogP contribution in [0.25, 0.3) is 0 Å². The summed E-state index contributed by atoms with van der Waals surface area (Å²) < 4.78 is 0. The average Bonchev–Trinajstić information content (AvgIpc) is 2.74. The van der Waals surface area contributed by atoms with Gasteiger partial charge in [-0.2, -0.15) is 0 Å². The molecule has 0 spiro atoms. The van der Waals surface area contributed by atoms with Crippen LogP contribution < -0.4 is 16.4 Å². The summed E-state index contributed by atoms with van der Waals surface area (Å²) in [7, 11) is 0. The van der Waals surface area contributed by atoms with Crippen LogP contribution in [-0.2, 0) is 4.79 Å². The summed E-state index contributed by atoms with van der Waals surface area (Å²) in [6.45, 7) is 3.08. The summed E-state index contributed by atoms with van der Waals surface area (Å²) in [5.41, 5.74) is 8.00. The Balaban J connectivity index is 0.00000300. The van der Waals surface area contributed by atoms with Crippen LogP contribution in [0.3, 0.4) is 0 Å². The second-order valence-electron chi connectivity index (χ2n) is 7.29. The monoisotopic (exact) mass is 416 g/mol. The zero-order chi connectivity index (χ0) is 19.9. The van der Waals surface area contributed by atoms with Gasteiger partial charge in [-0.3, -0.25) is 4.79 Å². The Hall–Kier alpha value is -2.57. The maximum Gasteiger partial charge on any atom is 0.321 e. The van der Waals surface area contributed by atoms with Gasteiger partial charge in [0.25, 0.3) is 0 Å². The normalized spacial score (nSPS) is 16.3. The van der Waals surface area contributed by atoms with Crippen LogP contribution in [0.15, 0.2) is 60.7 Å². The molecule has 0 aliphatic carbocycles. The number of nitrogens with one attached hydrogen (secondary N) is 2. The summed E-state index contributed by atoms with van der Waals surface area (Å²) in [4.78, 5) is 26.7. The lowest BCUT2D eigenvalue weighted by atomic mass is 9.94. The van der Waals surface area contributed by atoms with E-state index in [2.05, 4.69) is 10.6 Å². The molecule has 4 N–H and O–H groups in total. The van der Waals surface area contributed by atoms with E-state index in [1.54, 1.807) is 4.90 Å². The first kappa shape index (κ1) is 22.7. The smallest absolute Gasteiger partial charge is 0.321 e. The van der Waals surface area contributed by atoms with Gasteiger partial charge in [-0.05, 0) is 30.5 Å². The molecule has 1 fully saturated rings. The van der Waals surface area contributed by atoms with Crippen LogP contribution in [0.2, 0.25) is 0 Å². The van der Waals surface area contributed by atoms with Crippen LogP contribution >= 0.6 is 12.4 Å². The van der Waals surface area contributed by atoms with E-state index in [9.17, 15) is 9.59 Å². The van der Waals surface area contributed by atoms with Gasteiger partial charge in [-0.25, -0.2) is 4.79 Å². The zero-order valence-electron chi connectivity index (χ0n) is 16.6. The van der Waals surface area contributed by atoms with Gasteiger partial charge in [0, 0.05) is 30.9 Å². The number of benzene rings is 2. The Labute approximate surface area is 178 Å². The topological polar surface area (TPSA) is 87.5 Å². The van der Waals surface area contributed by atoms with Gasteiger partial charge in [0.2, 0.25) is 5.91 Å². The van der Waals surface area contributed by atoms with Crippen LogP contribution in [0.5, 0.6) is 0 Å². The van der Waals surface area contributed by atoms with Crippen molar-refractivity contribution in [3.63, 3.8) is 0 Å². The molecule has 0 saturated carbocycles. The fraction of sp³-hybridized carbons (Fsp3) is 0.364. The minimum atomic E-state index is -0.335. The molecule has 156 valence electrons. The molecule has 29 heavy (non-hydrogen) atoms. The number of carbonyl (C=O) groups is 2. The van der Waals surface area contributed by atoms with Crippen molar-refractivity contribution in [2.45, 2.75) is 31.8 Å². The van der Waals surface area contributed by atoms with Gasteiger partial charge in [-0.1, -0.05) is 55.5 Å². The lowest BCUT2D eigenvalue weighted by molar-refractivity contribution is -0.126. The molecule has 0 radical (unpaired) electrons. The Kier molecular flexibility index (Phi) is 8.49. The molecule has 1 aliphatic heterocycles. The number of urea groups is 1. The molecule has 1 saturated heterocycles. The van der Waals surface area contributed by atoms with Crippen molar-refractivity contribution in [3.05, 3.63) is 66.2 Å². The molecule has 3 rings (SSSR count). The second-order valence-corrected chi connectivity index (χ2v) is 7.29. The van der Waals surface area contributed by atoms with Crippen molar-refractivity contribution in [1.29, 1.82) is 0 Å². The second kappa shape index (κ2) is 10.8. The number of likely N-dealkylation sites (tertiary alicyclic amines) is 1. The van der Waals surface area contributed by atoms with Crippen molar-refractivity contribution in [3.8, 4) is 0 Å². The molecule has 1 heterocycles. The Bertz CT molecular complexity index is 780. The van der Waals surface area contributed by atoms with Crippen molar-refractivity contribution >= 4 is 30.0 Å². The first-order valence-corrected chi connectivity index (χ1v) is 9.76. The van der Waals surface area contributed by atoms with Crippen molar-refractivity contribution in [2.24, 2.45) is 11.7 Å². The maximum absolute atomic E-state index is 12.6. The number of carbonyl (C=O) groups excluding carboxylic acids is 2. The predicted octanol–water partition coefficient (Wildman–Crippen LogP) is 3.56. The number of rotatable bonds is 5. The Morgan fingerprint density at radius 1 is 1.00 bits per heavy atom. The highest BCUT2D eigenvalue weighted by Gasteiger charge is 2.27. The summed E-state index contributed by atoms with van der Waals surface area (Å²) in [5.74, 6) is -0.356. The van der Waals surface area contributed by atoms with Crippen molar-refractivity contribution < 1.29 is 9.59 Å². The van der Waals surface area contributed by atoms with Gasteiger partial charge in [0.05, 0.1) is 5.92 Å². The molecule has 2 aromatic rings. The highest BCUT2D eigenvalue weighted by atomic mass is 35.5. The maximum atomic E-state index is 12.6. The molecule has 7 heteroatoms. The molecule has 2 aromatic carbocycles. The minimum Gasteiger partial charge on any atom is -0.353 e. The third-order valence-electron chi connectivity index (χ3n) is 5.29. The molecule has 0 aromatic heterocycles. The summed E-state index contributed by atoms with van der Waals surface area (Å²) >= 11 is 0. The van der Waals surface area contributed by atoms with E-state index in [1.165, 1.54) is 0 Å². The van der Waals surface area contributed by atoms with E-state index < -0.39 is 0 Å². The highest BCUT2D eigenvalue weighted by molar-refractivity contribution is 5.89. The van der Waals surface area contributed by atoms with E-state index in [0.717, 1.165) is 24.1 Å². The summed E-state index contributed by atoms with van der Waals surface area (Å²) in [5, 5.41) is 6.00. The first-order valence-electron chi connectivity index (χ1n) is 9.76. The number of hydrogen-bond donors (Lipinski definition) is 3. The van der Waals surface area contributed by atoms with Crippen LogP contribution in [-0.4, -0.2) is 36.0 Å². The number of para-hydroxylation sites is 1. The van der Waals surface area contributed by atoms with Gasteiger partial charge in [0.15, 0.2) is 0 Å². The molecule has 0 bridgehead atoms. The summed E-state index contributed by atoms with van der Waals surface area (Å²) in [6, 6.07) is 18.7. The van der Waals surface area contributed by atoms with E-state index >= 15 is 0 Å². The molecular weight excluding hydrogens is 388 g/mol. The van der Waals surface area contributed by atoms with E-state index in [-0.39, 0.29) is 42.3 Å². The Morgan fingerprint density at radius 3 is 2.14 bits per heavy atom. The Morgan fingerprint density at radius 2 is 1.55 bits per heavy atom. The molecule has 2 atom stereocenters. The average molecular weight is 417 g/mol. The van der Waals surface area contributed by atoms with Crippen LogP contribution in [0, 0.1) is 5.92 Å². The molecule has 6 nitrogen and oxygen atoms in total. The lowest BCUT2D eigenvalue weighted by Gasteiger charge is -2.33. The SMILES string of the molecule is CC(C(=O)NC1CCN(C(=O)Nc2ccccc2)CC1)C(N)c1ccccc1.Cl. The number of halogens is 1. The third-order valence-corrected chi connectivity index (χ3v) is 5.29. The van der Waals surface area contributed by atoms with Gasteiger partial charge < -0.3 is 21.3 Å². The zero-order valence-corrected chi connectivity index (χ0v) is 17.4. The van der Waals surface area contributed by atoms with Gasteiger partial charge in [0.1, 0.15) is 0 Å². The highest BCUT2D eigenvalue weighted by Crippen LogP contribution is 2.20. The van der Waals surface area contributed by atoms with E-state index in [4.69, 9.17) is 5.73 Å². The van der Waals surface area contributed by atoms with E-state index in [0.29, 0.717) is 13.1 Å². The van der Waals surface area contributed by atoms with Gasteiger partial charge >= 0.3 is 6.03 Å².